The number of anilines is 1. The van der Waals surface area contributed by atoms with Crippen LogP contribution in [0.4, 0.5) is 5.95 Å². The van der Waals surface area contributed by atoms with E-state index in [1.807, 2.05) is 0 Å². The Morgan fingerprint density at radius 3 is 2.87 bits per heavy atom. The predicted octanol–water partition coefficient (Wildman–Crippen LogP) is 1.70. The molecule has 80 valence electrons. The number of hydrogen-bond donors (Lipinski definition) is 2. The second kappa shape index (κ2) is 5.53. The Hall–Kier alpha value is -1.33. The lowest BCUT2D eigenvalue weighted by Gasteiger charge is -2.03. The molecule has 1 aromatic rings. The van der Waals surface area contributed by atoms with Crippen LogP contribution in [-0.2, 0) is 0 Å². The maximum absolute atomic E-state index is 5.71. The molecular formula is C8H9Cl2N5. The van der Waals surface area contributed by atoms with Crippen LogP contribution in [0, 0.1) is 0 Å². The molecular weight excluding hydrogens is 237 g/mol. The van der Waals surface area contributed by atoms with Gasteiger partial charge in [0, 0.05) is 7.05 Å². The summed E-state index contributed by atoms with van der Waals surface area (Å²) >= 11 is 11.4. The third kappa shape index (κ3) is 3.38. The molecule has 0 spiro atoms. The zero-order chi connectivity index (χ0) is 11.3. The number of rotatable bonds is 2. The summed E-state index contributed by atoms with van der Waals surface area (Å²) in [5.74, 6) is 0.832. The van der Waals surface area contributed by atoms with E-state index >= 15 is 0 Å². The van der Waals surface area contributed by atoms with Crippen molar-refractivity contribution < 1.29 is 0 Å². The van der Waals surface area contributed by atoms with Gasteiger partial charge in [-0.2, -0.15) is 4.98 Å². The molecule has 5 nitrogen and oxygen atoms in total. The van der Waals surface area contributed by atoms with Gasteiger partial charge >= 0.3 is 0 Å². The van der Waals surface area contributed by atoms with Gasteiger partial charge in [0.25, 0.3) is 0 Å². The number of aliphatic imine (C=N–C) groups is 1. The summed E-state index contributed by atoms with van der Waals surface area (Å²) < 4.78 is 0. The number of nitrogens with one attached hydrogen (secondary N) is 1. The average Bonchev–Trinajstić information content (AvgIpc) is 2.23. The molecule has 0 bridgehead atoms. The van der Waals surface area contributed by atoms with Crippen LogP contribution in [0.3, 0.4) is 0 Å². The van der Waals surface area contributed by atoms with Crippen molar-refractivity contribution in [3.05, 3.63) is 28.6 Å². The lowest BCUT2D eigenvalue weighted by molar-refractivity contribution is 1.17. The summed E-state index contributed by atoms with van der Waals surface area (Å²) in [6.07, 6.45) is 4.33. The maximum Gasteiger partial charge on any atom is 0.229 e. The van der Waals surface area contributed by atoms with Gasteiger partial charge in [0.05, 0.1) is 11.2 Å². The third-order valence-corrected chi connectivity index (χ3v) is 2.10. The summed E-state index contributed by atoms with van der Waals surface area (Å²) in [5.41, 5.74) is 5.22. The zero-order valence-electron chi connectivity index (χ0n) is 7.91. The highest BCUT2D eigenvalue weighted by molar-refractivity contribution is 6.41. The summed E-state index contributed by atoms with van der Waals surface area (Å²) in [4.78, 5) is 11.7. The number of halogens is 2. The molecule has 1 heterocycles. The number of amidine groups is 1. The lowest BCUT2D eigenvalue weighted by Crippen LogP contribution is -2.12. The minimum Gasteiger partial charge on any atom is -0.404 e. The fraction of sp³-hybridized carbons (Fsp3) is 0.125. The first-order chi connectivity index (χ1) is 7.17. The summed E-state index contributed by atoms with van der Waals surface area (Å²) in [7, 11) is 1.61. The van der Waals surface area contributed by atoms with E-state index in [-0.39, 0.29) is 5.15 Å². The molecule has 7 heteroatoms. The van der Waals surface area contributed by atoms with Gasteiger partial charge in [-0.3, -0.25) is 4.99 Å². The SMILES string of the molecule is CN=C(C=CN)Nc1ncc(Cl)c(Cl)n1. The van der Waals surface area contributed by atoms with Crippen molar-refractivity contribution >= 4 is 35.0 Å². The third-order valence-electron chi connectivity index (χ3n) is 1.44. The standard InChI is InChI=1S/C8H9Cl2N5/c1-12-6(2-3-11)14-8-13-4-5(9)7(10)15-8/h2-4H,11H2,1H3,(H,12,13,14,15). The molecule has 0 amide bonds. The molecule has 0 saturated heterocycles. The normalized spacial score (nSPS) is 12.1. The van der Waals surface area contributed by atoms with Crippen LogP contribution in [0.5, 0.6) is 0 Å². The lowest BCUT2D eigenvalue weighted by atomic mass is 10.5. The van der Waals surface area contributed by atoms with E-state index in [0.29, 0.717) is 16.8 Å². The molecule has 3 N–H and O–H groups in total. The van der Waals surface area contributed by atoms with E-state index in [0.717, 1.165) is 0 Å². The van der Waals surface area contributed by atoms with Crippen molar-refractivity contribution in [1.29, 1.82) is 0 Å². The first-order valence-corrected chi connectivity index (χ1v) is 4.73. The Labute approximate surface area is 97.0 Å². The van der Waals surface area contributed by atoms with Crippen molar-refractivity contribution in [2.24, 2.45) is 10.7 Å². The molecule has 0 aromatic carbocycles. The van der Waals surface area contributed by atoms with E-state index in [9.17, 15) is 0 Å². The van der Waals surface area contributed by atoms with Crippen LogP contribution in [0.2, 0.25) is 10.2 Å². The van der Waals surface area contributed by atoms with Crippen LogP contribution < -0.4 is 11.1 Å². The Bertz CT molecular complexity index is 402. The average molecular weight is 246 g/mol. The van der Waals surface area contributed by atoms with Gasteiger partial charge in [-0.1, -0.05) is 23.2 Å². The van der Waals surface area contributed by atoms with Crippen LogP contribution in [0.25, 0.3) is 0 Å². The van der Waals surface area contributed by atoms with Crippen LogP contribution in [0.1, 0.15) is 0 Å². The van der Waals surface area contributed by atoms with E-state index in [1.54, 1.807) is 13.1 Å². The molecule has 0 aliphatic rings. The predicted molar refractivity (Wildman–Crippen MR) is 62.4 cm³/mol. The molecule has 0 fully saturated rings. The Kier molecular flexibility index (Phi) is 4.33. The van der Waals surface area contributed by atoms with Crippen molar-refractivity contribution in [2.75, 3.05) is 12.4 Å². The van der Waals surface area contributed by atoms with Gasteiger partial charge in [-0.15, -0.1) is 0 Å². The smallest absolute Gasteiger partial charge is 0.229 e. The number of hydrogen-bond acceptors (Lipinski definition) is 4. The van der Waals surface area contributed by atoms with Gasteiger partial charge in [-0.25, -0.2) is 4.98 Å². The van der Waals surface area contributed by atoms with Crippen LogP contribution in [-0.4, -0.2) is 22.9 Å². The molecule has 15 heavy (non-hydrogen) atoms. The van der Waals surface area contributed by atoms with Crippen molar-refractivity contribution in [3.8, 4) is 0 Å². The molecule has 0 aliphatic heterocycles. The highest BCUT2D eigenvalue weighted by Gasteiger charge is 2.03. The first-order valence-electron chi connectivity index (χ1n) is 3.97. The van der Waals surface area contributed by atoms with Gasteiger partial charge < -0.3 is 11.1 Å². The topological polar surface area (TPSA) is 76.2 Å². The molecule has 0 aliphatic carbocycles. The van der Waals surface area contributed by atoms with Crippen molar-refractivity contribution in [3.63, 3.8) is 0 Å². The zero-order valence-corrected chi connectivity index (χ0v) is 9.42. The fourth-order valence-electron chi connectivity index (χ4n) is 0.784. The van der Waals surface area contributed by atoms with E-state index in [2.05, 4.69) is 20.3 Å². The minimum atomic E-state index is 0.182. The van der Waals surface area contributed by atoms with E-state index < -0.39 is 0 Å². The Morgan fingerprint density at radius 1 is 1.60 bits per heavy atom. The van der Waals surface area contributed by atoms with Gasteiger partial charge in [-0.05, 0) is 12.3 Å². The number of nitrogens with zero attached hydrogens (tertiary/aromatic N) is 3. The fourth-order valence-corrected chi connectivity index (χ4v) is 1.00. The summed E-state index contributed by atoms with van der Waals surface area (Å²) in [6.45, 7) is 0. The van der Waals surface area contributed by atoms with Crippen LogP contribution in [0.15, 0.2) is 23.5 Å². The van der Waals surface area contributed by atoms with Crippen molar-refractivity contribution in [2.45, 2.75) is 0 Å². The van der Waals surface area contributed by atoms with Gasteiger partial charge in [0.1, 0.15) is 5.84 Å². The first kappa shape index (κ1) is 11.7. The summed E-state index contributed by atoms with van der Waals surface area (Å²) in [5, 5.41) is 3.30. The summed E-state index contributed by atoms with van der Waals surface area (Å²) in [6, 6.07) is 0. The van der Waals surface area contributed by atoms with Gasteiger partial charge in [0.15, 0.2) is 5.15 Å². The maximum atomic E-state index is 5.71. The second-order valence-electron chi connectivity index (χ2n) is 2.43. The van der Waals surface area contributed by atoms with E-state index in [1.165, 1.54) is 12.4 Å². The molecule has 1 aromatic heterocycles. The largest absolute Gasteiger partial charge is 0.404 e. The molecule has 0 saturated carbocycles. The van der Waals surface area contributed by atoms with E-state index in [4.69, 9.17) is 28.9 Å². The minimum absolute atomic E-state index is 0.182. The highest BCUT2D eigenvalue weighted by atomic mass is 35.5. The van der Waals surface area contributed by atoms with Crippen molar-refractivity contribution in [1.82, 2.24) is 9.97 Å². The molecule has 0 radical (unpaired) electrons. The number of nitrogens with two attached hydrogens (primary N) is 1. The quantitative estimate of drug-likeness (QED) is 0.473. The Balaban J connectivity index is 2.85. The highest BCUT2D eigenvalue weighted by Crippen LogP contribution is 2.18. The molecule has 1 rings (SSSR count). The number of aromatic nitrogens is 2. The van der Waals surface area contributed by atoms with Gasteiger partial charge in [0.2, 0.25) is 5.95 Å². The molecule has 0 atom stereocenters. The monoisotopic (exact) mass is 245 g/mol. The van der Waals surface area contributed by atoms with Crippen LogP contribution >= 0.6 is 23.2 Å². The Morgan fingerprint density at radius 2 is 2.33 bits per heavy atom. The second-order valence-corrected chi connectivity index (χ2v) is 3.19. The molecule has 0 unspecified atom stereocenters.